The molecule has 0 atom stereocenters. The number of Topliss-reactive ketones (excluding diaryl/α,β-unsaturated/α-hetero) is 1. The fraction of sp³-hybridized carbons (Fsp3) is 0.455. The van der Waals surface area contributed by atoms with Gasteiger partial charge in [0, 0.05) is 24.4 Å². The summed E-state index contributed by atoms with van der Waals surface area (Å²) < 4.78 is 0. The lowest BCUT2D eigenvalue weighted by atomic mass is 10.0. The van der Waals surface area contributed by atoms with Crippen LogP contribution in [0.5, 0.6) is 0 Å². The van der Waals surface area contributed by atoms with Gasteiger partial charge in [0.2, 0.25) is 0 Å². The van der Waals surface area contributed by atoms with E-state index in [-0.39, 0.29) is 5.78 Å². The third-order valence-electron chi connectivity index (χ3n) is 2.06. The van der Waals surface area contributed by atoms with Crippen LogP contribution < -0.4 is 0 Å². The fourth-order valence-electron chi connectivity index (χ4n) is 1.34. The highest BCUT2D eigenvalue weighted by Crippen LogP contribution is 2.11. The number of ketones is 1. The van der Waals surface area contributed by atoms with Gasteiger partial charge in [0.15, 0.2) is 5.78 Å². The first-order chi connectivity index (χ1) is 6.29. The van der Waals surface area contributed by atoms with E-state index in [0.29, 0.717) is 6.42 Å². The molecular weight excluding hydrogens is 162 g/mol. The van der Waals surface area contributed by atoms with E-state index < -0.39 is 0 Å². The molecule has 0 radical (unpaired) electrons. The van der Waals surface area contributed by atoms with Gasteiger partial charge < -0.3 is 0 Å². The lowest BCUT2D eigenvalue weighted by molar-refractivity contribution is 0.0981. The molecule has 13 heavy (non-hydrogen) atoms. The number of nitrogens with zero attached hydrogens (tertiary/aromatic N) is 1. The number of hydrogen-bond donors (Lipinski definition) is 0. The Balaban J connectivity index is 2.92. The summed E-state index contributed by atoms with van der Waals surface area (Å²) in [6.45, 7) is 4.06. The Morgan fingerprint density at radius 1 is 1.46 bits per heavy atom. The molecule has 0 aliphatic heterocycles. The van der Waals surface area contributed by atoms with Gasteiger partial charge in [-0.15, -0.1) is 0 Å². The summed E-state index contributed by atoms with van der Waals surface area (Å²) in [6.07, 6.45) is 5.88. The van der Waals surface area contributed by atoms with Crippen LogP contribution in [0.15, 0.2) is 18.5 Å². The van der Waals surface area contributed by atoms with E-state index in [0.717, 1.165) is 24.0 Å². The Bertz CT molecular complexity index is 294. The minimum Gasteiger partial charge on any atom is -0.294 e. The molecule has 0 amide bonds. The molecule has 0 aliphatic rings. The molecular formula is C11H15NO. The van der Waals surface area contributed by atoms with Gasteiger partial charge in [-0.2, -0.15) is 0 Å². The van der Waals surface area contributed by atoms with Crippen LogP contribution in [0.2, 0.25) is 0 Å². The van der Waals surface area contributed by atoms with Crippen molar-refractivity contribution in [1.82, 2.24) is 4.98 Å². The molecule has 1 aromatic rings. The van der Waals surface area contributed by atoms with Crippen molar-refractivity contribution in [1.29, 1.82) is 0 Å². The van der Waals surface area contributed by atoms with Gasteiger partial charge in [-0.1, -0.05) is 13.8 Å². The average molecular weight is 177 g/mol. The maximum atomic E-state index is 11.6. The van der Waals surface area contributed by atoms with Crippen molar-refractivity contribution in [3.05, 3.63) is 29.6 Å². The number of pyridine rings is 1. The second-order valence-electron chi connectivity index (χ2n) is 3.06. The third kappa shape index (κ3) is 2.38. The van der Waals surface area contributed by atoms with E-state index in [1.807, 2.05) is 19.9 Å². The Hall–Kier alpha value is -1.18. The highest BCUT2D eigenvalue weighted by Gasteiger charge is 2.08. The Morgan fingerprint density at radius 2 is 2.23 bits per heavy atom. The lowest BCUT2D eigenvalue weighted by Crippen LogP contribution is -2.03. The molecule has 1 aromatic heterocycles. The zero-order valence-electron chi connectivity index (χ0n) is 8.21. The highest BCUT2D eigenvalue weighted by atomic mass is 16.1. The normalized spacial score (nSPS) is 10.0. The first kappa shape index (κ1) is 9.90. The van der Waals surface area contributed by atoms with Crippen LogP contribution in [0.3, 0.4) is 0 Å². The van der Waals surface area contributed by atoms with E-state index in [4.69, 9.17) is 0 Å². The van der Waals surface area contributed by atoms with Crippen molar-refractivity contribution in [2.24, 2.45) is 0 Å². The maximum Gasteiger partial charge on any atom is 0.163 e. The number of aromatic nitrogens is 1. The van der Waals surface area contributed by atoms with Crippen LogP contribution in [0.1, 0.15) is 42.6 Å². The summed E-state index contributed by atoms with van der Waals surface area (Å²) in [5.74, 6) is 0.238. The SMILES string of the molecule is CCCC(=O)c1ccncc1CC. The summed E-state index contributed by atoms with van der Waals surface area (Å²) >= 11 is 0. The second kappa shape index (κ2) is 4.75. The van der Waals surface area contributed by atoms with Gasteiger partial charge in [0.25, 0.3) is 0 Å². The Kier molecular flexibility index (Phi) is 3.62. The standard InChI is InChI=1S/C11H15NO/c1-3-5-11(13)10-6-7-12-8-9(10)4-2/h6-8H,3-5H2,1-2H3. The van der Waals surface area contributed by atoms with Crippen LogP contribution in [0.4, 0.5) is 0 Å². The van der Waals surface area contributed by atoms with Gasteiger partial charge in [0.05, 0.1) is 0 Å². The van der Waals surface area contributed by atoms with Crippen LogP contribution in [-0.2, 0) is 6.42 Å². The molecule has 1 rings (SSSR count). The molecule has 0 unspecified atom stereocenters. The monoisotopic (exact) mass is 177 g/mol. The minimum atomic E-state index is 0.238. The lowest BCUT2D eigenvalue weighted by Gasteiger charge is -2.04. The van der Waals surface area contributed by atoms with Crippen molar-refractivity contribution >= 4 is 5.78 Å². The van der Waals surface area contributed by atoms with Gasteiger partial charge in [-0.05, 0) is 24.5 Å². The van der Waals surface area contributed by atoms with Crippen LogP contribution in [-0.4, -0.2) is 10.8 Å². The number of hydrogen-bond acceptors (Lipinski definition) is 2. The first-order valence-corrected chi connectivity index (χ1v) is 4.75. The fourth-order valence-corrected chi connectivity index (χ4v) is 1.34. The molecule has 2 nitrogen and oxygen atoms in total. The predicted molar refractivity (Wildman–Crippen MR) is 52.9 cm³/mol. The van der Waals surface area contributed by atoms with Gasteiger partial charge in [-0.25, -0.2) is 0 Å². The molecule has 0 aromatic carbocycles. The van der Waals surface area contributed by atoms with E-state index in [9.17, 15) is 4.79 Å². The largest absolute Gasteiger partial charge is 0.294 e. The van der Waals surface area contributed by atoms with Crippen molar-refractivity contribution in [2.75, 3.05) is 0 Å². The number of aryl methyl sites for hydroxylation is 1. The minimum absolute atomic E-state index is 0.238. The quantitative estimate of drug-likeness (QED) is 0.662. The van der Waals surface area contributed by atoms with Crippen molar-refractivity contribution in [3.8, 4) is 0 Å². The molecule has 0 saturated heterocycles. The van der Waals surface area contributed by atoms with E-state index in [1.165, 1.54) is 0 Å². The molecule has 2 heteroatoms. The number of carbonyl (C=O) groups is 1. The van der Waals surface area contributed by atoms with Gasteiger partial charge >= 0.3 is 0 Å². The van der Waals surface area contributed by atoms with Gasteiger partial charge in [0.1, 0.15) is 0 Å². The van der Waals surface area contributed by atoms with E-state index in [1.54, 1.807) is 12.4 Å². The number of carbonyl (C=O) groups excluding carboxylic acids is 1. The van der Waals surface area contributed by atoms with E-state index >= 15 is 0 Å². The van der Waals surface area contributed by atoms with Crippen molar-refractivity contribution in [2.45, 2.75) is 33.1 Å². The summed E-state index contributed by atoms with van der Waals surface area (Å²) in [5.41, 5.74) is 1.90. The molecule has 0 aliphatic carbocycles. The maximum absolute atomic E-state index is 11.6. The molecule has 1 heterocycles. The molecule has 0 bridgehead atoms. The molecule has 0 fully saturated rings. The van der Waals surface area contributed by atoms with E-state index in [2.05, 4.69) is 4.98 Å². The summed E-state index contributed by atoms with van der Waals surface area (Å²) in [7, 11) is 0. The predicted octanol–water partition coefficient (Wildman–Crippen LogP) is 2.63. The molecule has 70 valence electrons. The first-order valence-electron chi connectivity index (χ1n) is 4.75. The molecule has 0 spiro atoms. The Morgan fingerprint density at radius 3 is 2.85 bits per heavy atom. The molecule has 0 N–H and O–H groups in total. The van der Waals surface area contributed by atoms with Crippen molar-refractivity contribution < 1.29 is 4.79 Å². The second-order valence-corrected chi connectivity index (χ2v) is 3.06. The molecule has 0 saturated carbocycles. The van der Waals surface area contributed by atoms with Crippen LogP contribution in [0, 0.1) is 0 Å². The zero-order valence-corrected chi connectivity index (χ0v) is 8.21. The van der Waals surface area contributed by atoms with Gasteiger partial charge in [-0.3, -0.25) is 9.78 Å². The average Bonchev–Trinajstić information content (AvgIpc) is 2.18. The highest BCUT2D eigenvalue weighted by molar-refractivity contribution is 5.97. The number of rotatable bonds is 4. The van der Waals surface area contributed by atoms with Crippen LogP contribution >= 0.6 is 0 Å². The smallest absolute Gasteiger partial charge is 0.163 e. The summed E-state index contributed by atoms with van der Waals surface area (Å²) in [5, 5.41) is 0. The summed E-state index contributed by atoms with van der Waals surface area (Å²) in [4.78, 5) is 15.6. The van der Waals surface area contributed by atoms with Crippen molar-refractivity contribution in [3.63, 3.8) is 0 Å². The zero-order chi connectivity index (χ0) is 9.68. The topological polar surface area (TPSA) is 30.0 Å². The Labute approximate surface area is 79.0 Å². The third-order valence-corrected chi connectivity index (χ3v) is 2.06. The van der Waals surface area contributed by atoms with Crippen LogP contribution in [0.25, 0.3) is 0 Å². The summed E-state index contributed by atoms with van der Waals surface area (Å²) in [6, 6.07) is 1.82.